The third-order valence-electron chi connectivity index (χ3n) is 3.49. The van der Waals surface area contributed by atoms with E-state index in [4.69, 9.17) is 23.2 Å². The molecule has 1 unspecified atom stereocenters. The van der Waals surface area contributed by atoms with E-state index in [-0.39, 0.29) is 6.04 Å². The second-order valence-corrected chi connectivity index (χ2v) is 5.86. The van der Waals surface area contributed by atoms with Crippen LogP contribution < -0.4 is 0 Å². The van der Waals surface area contributed by atoms with Gasteiger partial charge in [-0.2, -0.15) is 0 Å². The van der Waals surface area contributed by atoms with Crippen LogP contribution in [0.3, 0.4) is 0 Å². The van der Waals surface area contributed by atoms with Crippen molar-refractivity contribution in [2.24, 2.45) is 0 Å². The van der Waals surface area contributed by atoms with E-state index >= 15 is 0 Å². The van der Waals surface area contributed by atoms with Crippen molar-refractivity contribution < 1.29 is 0 Å². The SMILES string of the molecule is C=CCn1cccc1C(c1cc(Cl)cc(Cl)c1)n1ccnc1. The Morgan fingerprint density at radius 3 is 2.59 bits per heavy atom. The van der Waals surface area contributed by atoms with E-state index in [9.17, 15) is 0 Å². The summed E-state index contributed by atoms with van der Waals surface area (Å²) in [6.45, 7) is 4.56. The van der Waals surface area contributed by atoms with Gasteiger partial charge in [-0.1, -0.05) is 29.3 Å². The maximum absolute atomic E-state index is 6.19. The van der Waals surface area contributed by atoms with Crippen LogP contribution in [0.4, 0.5) is 0 Å². The molecule has 0 fully saturated rings. The van der Waals surface area contributed by atoms with Gasteiger partial charge in [-0.05, 0) is 35.9 Å². The second-order valence-electron chi connectivity index (χ2n) is 4.99. The first-order valence-corrected chi connectivity index (χ1v) is 7.64. The van der Waals surface area contributed by atoms with Crippen molar-refractivity contribution in [1.82, 2.24) is 14.1 Å². The van der Waals surface area contributed by atoms with E-state index in [1.54, 1.807) is 18.6 Å². The molecule has 3 nitrogen and oxygen atoms in total. The molecule has 0 saturated carbocycles. The molecule has 2 heterocycles. The monoisotopic (exact) mass is 331 g/mol. The van der Waals surface area contributed by atoms with Crippen molar-refractivity contribution in [3.8, 4) is 0 Å². The summed E-state index contributed by atoms with van der Waals surface area (Å²) in [4.78, 5) is 4.17. The first kappa shape index (κ1) is 14.9. The zero-order valence-corrected chi connectivity index (χ0v) is 13.4. The van der Waals surface area contributed by atoms with Crippen LogP contribution >= 0.6 is 23.2 Å². The summed E-state index contributed by atoms with van der Waals surface area (Å²) in [5, 5.41) is 1.24. The Kier molecular flexibility index (Phi) is 4.36. The minimum absolute atomic E-state index is 0.0475. The van der Waals surface area contributed by atoms with Crippen molar-refractivity contribution in [2.45, 2.75) is 12.6 Å². The third kappa shape index (κ3) is 2.96. The molecule has 0 N–H and O–H groups in total. The fourth-order valence-electron chi connectivity index (χ4n) is 2.63. The molecule has 2 aromatic heterocycles. The molecule has 0 amide bonds. The summed E-state index contributed by atoms with van der Waals surface area (Å²) >= 11 is 12.4. The number of nitrogens with zero attached hydrogens (tertiary/aromatic N) is 3. The van der Waals surface area contributed by atoms with E-state index in [1.165, 1.54) is 0 Å². The molecule has 1 atom stereocenters. The Morgan fingerprint density at radius 2 is 1.95 bits per heavy atom. The molecule has 22 heavy (non-hydrogen) atoms. The summed E-state index contributed by atoms with van der Waals surface area (Å²) in [6.07, 6.45) is 9.40. The smallest absolute Gasteiger partial charge is 0.0999 e. The van der Waals surface area contributed by atoms with Gasteiger partial charge in [-0.3, -0.25) is 0 Å². The maximum Gasteiger partial charge on any atom is 0.0999 e. The van der Waals surface area contributed by atoms with Crippen molar-refractivity contribution in [3.05, 3.63) is 89.2 Å². The first-order valence-electron chi connectivity index (χ1n) is 6.88. The number of rotatable bonds is 5. The summed E-state index contributed by atoms with van der Waals surface area (Å²) < 4.78 is 4.18. The lowest BCUT2D eigenvalue weighted by Crippen LogP contribution is -2.15. The highest BCUT2D eigenvalue weighted by molar-refractivity contribution is 6.34. The second kappa shape index (κ2) is 6.42. The number of hydrogen-bond acceptors (Lipinski definition) is 1. The van der Waals surface area contributed by atoms with Gasteiger partial charge < -0.3 is 9.13 Å². The molecule has 0 aliphatic carbocycles. The van der Waals surface area contributed by atoms with Crippen molar-refractivity contribution in [2.75, 3.05) is 0 Å². The zero-order chi connectivity index (χ0) is 15.5. The van der Waals surface area contributed by atoms with Gasteiger partial charge in [0.2, 0.25) is 0 Å². The highest BCUT2D eigenvalue weighted by atomic mass is 35.5. The lowest BCUT2D eigenvalue weighted by molar-refractivity contribution is 0.613. The highest BCUT2D eigenvalue weighted by Gasteiger charge is 2.20. The van der Waals surface area contributed by atoms with Crippen LogP contribution in [0.15, 0.2) is 67.9 Å². The molecular formula is C17H15Cl2N3. The van der Waals surface area contributed by atoms with Gasteiger partial charge in [0.15, 0.2) is 0 Å². The zero-order valence-electron chi connectivity index (χ0n) is 11.9. The predicted molar refractivity (Wildman–Crippen MR) is 90.6 cm³/mol. The minimum atomic E-state index is -0.0475. The number of allylic oxidation sites excluding steroid dienone is 1. The third-order valence-corrected chi connectivity index (χ3v) is 3.93. The fourth-order valence-corrected chi connectivity index (χ4v) is 3.17. The fraction of sp³-hybridized carbons (Fsp3) is 0.118. The van der Waals surface area contributed by atoms with Gasteiger partial charge >= 0.3 is 0 Å². The molecule has 0 saturated heterocycles. The average Bonchev–Trinajstić information content (AvgIpc) is 3.12. The van der Waals surface area contributed by atoms with E-state index in [2.05, 4.69) is 22.2 Å². The summed E-state index contributed by atoms with van der Waals surface area (Å²) in [7, 11) is 0. The first-order chi connectivity index (χ1) is 10.7. The molecule has 0 spiro atoms. The van der Waals surface area contributed by atoms with Crippen LogP contribution in [0, 0.1) is 0 Å². The maximum atomic E-state index is 6.19. The summed E-state index contributed by atoms with van der Waals surface area (Å²) in [5.74, 6) is 0. The lowest BCUT2D eigenvalue weighted by Gasteiger charge is -2.21. The molecule has 3 rings (SSSR count). The molecule has 1 aromatic carbocycles. The lowest BCUT2D eigenvalue weighted by atomic mass is 10.0. The molecule has 0 radical (unpaired) electrons. The topological polar surface area (TPSA) is 22.8 Å². The summed E-state index contributed by atoms with van der Waals surface area (Å²) in [6, 6.07) is 9.67. The Morgan fingerprint density at radius 1 is 1.18 bits per heavy atom. The van der Waals surface area contributed by atoms with Crippen LogP contribution in [0.5, 0.6) is 0 Å². The Bertz CT molecular complexity index is 755. The highest BCUT2D eigenvalue weighted by Crippen LogP contribution is 2.31. The van der Waals surface area contributed by atoms with Crippen LogP contribution in [0.25, 0.3) is 0 Å². The Labute approximate surface area is 139 Å². The molecule has 0 aliphatic rings. The van der Waals surface area contributed by atoms with Gasteiger partial charge in [0.05, 0.1) is 12.4 Å². The number of halogens is 2. The predicted octanol–water partition coefficient (Wildman–Crippen LogP) is 4.82. The molecular weight excluding hydrogens is 317 g/mol. The van der Waals surface area contributed by atoms with E-state index in [0.29, 0.717) is 10.0 Å². The van der Waals surface area contributed by atoms with Crippen LogP contribution in [0.1, 0.15) is 17.3 Å². The number of benzene rings is 1. The minimum Gasteiger partial charge on any atom is -0.345 e. The Hall–Kier alpha value is -1.97. The van der Waals surface area contributed by atoms with E-state index < -0.39 is 0 Å². The quantitative estimate of drug-likeness (QED) is 0.615. The molecule has 3 aromatic rings. The van der Waals surface area contributed by atoms with Crippen molar-refractivity contribution in [3.63, 3.8) is 0 Å². The normalized spacial score (nSPS) is 12.3. The number of imidazole rings is 1. The van der Waals surface area contributed by atoms with Crippen LogP contribution in [-0.4, -0.2) is 14.1 Å². The number of aromatic nitrogens is 3. The van der Waals surface area contributed by atoms with Gasteiger partial charge in [0.25, 0.3) is 0 Å². The largest absolute Gasteiger partial charge is 0.345 e. The molecule has 0 bridgehead atoms. The van der Waals surface area contributed by atoms with E-state index in [1.807, 2.05) is 41.2 Å². The Balaban J connectivity index is 2.16. The van der Waals surface area contributed by atoms with E-state index in [0.717, 1.165) is 17.8 Å². The molecule has 5 heteroatoms. The van der Waals surface area contributed by atoms with Gasteiger partial charge in [-0.15, -0.1) is 6.58 Å². The average molecular weight is 332 g/mol. The van der Waals surface area contributed by atoms with Crippen molar-refractivity contribution >= 4 is 23.2 Å². The van der Waals surface area contributed by atoms with Gasteiger partial charge in [0.1, 0.15) is 0 Å². The van der Waals surface area contributed by atoms with Gasteiger partial charge in [0, 0.05) is 40.9 Å². The molecule has 0 aliphatic heterocycles. The standard InChI is InChI=1S/C17H15Cl2N3/c1-2-6-21-7-3-4-16(21)17(22-8-5-20-12-22)13-9-14(18)11-15(19)10-13/h2-5,7-12,17H,1,6H2. The van der Waals surface area contributed by atoms with Crippen LogP contribution in [0.2, 0.25) is 10.0 Å². The van der Waals surface area contributed by atoms with Crippen LogP contribution in [-0.2, 0) is 6.54 Å². The van der Waals surface area contributed by atoms with Crippen molar-refractivity contribution in [1.29, 1.82) is 0 Å². The molecule has 112 valence electrons. The number of hydrogen-bond donors (Lipinski definition) is 0. The summed E-state index contributed by atoms with van der Waals surface area (Å²) in [5.41, 5.74) is 2.13. The van der Waals surface area contributed by atoms with Gasteiger partial charge in [-0.25, -0.2) is 4.98 Å².